The van der Waals surface area contributed by atoms with Crippen LogP contribution in [-0.4, -0.2) is 44.5 Å². The standard InChI is InChI=1S/2Al.2H2O.O.Pd/h;;2*1H2;;. The van der Waals surface area contributed by atoms with E-state index < -0.39 is 0 Å². The summed E-state index contributed by atoms with van der Waals surface area (Å²) in [7, 11) is 0. The summed E-state index contributed by atoms with van der Waals surface area (Å²) in [6.45, 7) is 0. The average molecular weight is 212 g/mol. The minimum absolute atomic E-state index is 0. The van der Waals surface area contributed by atoms with Crippen LogP contribution in [0.1, 0.15) is 0 Å². The molecule has 38 valence electrons. The summed E-state index contributed by atoms with van der Waals surface area (Å²) in [5.41, 5.74) is 0. The van der Waals surface area contributed by atoms with Crippen molar-refractivity contribution in [3.8, 4) is 0 Å². The van der Waals surface area contributed by atoms with Gasteiger partial charge in [0.2, 0.25) is 0 Å². The monoisotopic (exact) mass is 212 g/mol. The Kier molecular flexibility index (Phi) is 787. The molecule has 0 heterocycles. The molecule has 0 unspecified atom stereocenters. The number of rotatable bonds is 0. The molecule has 0 fully saturated rings. The maximum absolute atomic E-state index is 8.17. The van der Waals surface area contributed by atoms with Crippen LogP contribution >= 0.6 is 0 Å². The zero-order valence-electron chi connectivity index (χ0n) is 2.88. The second-order valence-corrected chi connectivity index (χ2v) is 0. The third kappa shape index (κ3) is 51.4. The van der Waals surface area contributed by atoms with Gasteiger partial charge in [0.05, 0.1) is 0 Å². The molecule has 0 aliphatic rings. The Morgan fingerprint density at radius 2 is 1.00 bits per heavy atom. The van der Waals surface area contributed by atoms with Gasteiger partial charge in [0, 0.05) is 37.8 Å². The van der Waals surface area contributed by atoms with E-state index in [4.69, 9.17) is 3.80 Å². The summed E-state index contributed by atoms with van der Waals surface area (Å²) < 4.78 is 8.17. The molecule has 0 rings (SSSR count). The van der Waals surface area contributed by atoms with Crippen molar-refractivity contribution < 1.29 is 35.2 Å². The molecule has 0 atom stereocenters. The smallest absolute Gasteiger partial charge is 0 e. The summed E-state index contributed by atoms with van der Waals surface area (Å²) >= 11 is 1.17. The van der Waals surface area contributed by atoms with Gasteiger partial charge in [-0.2, -0.15) is 0 Å². The van der Waals surface area contributed by atoms with Crippen molar-refractivity contribution in [2.24, 2.45) is 0 Å². The van der Waals surface area contributed by atoms with Crippen LogP contribution in [0.25, 0.3) is 0 Å². The fourth-order valence-electron chi connectivity index (χ4n) is 0. The van der Waals surface area contributed by atoms with Crippen LogP contribution in [0, 0.1) is 0 Å². The molecule has 6 heteroatoms. The third-order valence-electron chi connectivity index (χ3n) is 0. The molecular formula is H4Al2O3Pd. The van der Waals surface area contributed by atoms with Crippen LogP contribution in [0.5, 0.6) is 0 Å². The van der Waals surface area contributed by atoms with Crippen LogP contribution in [0.15, 0.2) is 0 Å². The SMILES string of the molecule is O.O.[Al].[O]=[Al].[Pd]. The largest absolute Gasteiger partial charge is 0 e. The molecule has 0 amide bonds. The zero-order chi connectivity index (χ0) is 2.00. The van der Waals surface area contributed by atoms with Crippen molar-refractivity contribution in [1.29, 1.82) is 0 Å². The Labute approximate surface area is 68.5 Å². The van der Waals surface area contributed by atoms with Crippen molar-refractivity contribution in [3.63, 3.8) is 0 Å². The van der Waals surface area contributed by atoms with Crippen molar-refractivity contribution in [3.05, 3.63) is 0 Å². The van der Waals surface area contributed by atoms with Gasteiger partial charge < -0.3 is 11.0 Å². The molecule has 0 saturated heterocycles. The maximum Gasteiger partial charge on any atom is 0 e. The Bertz CT molecular complexity index is 8.75. The molecular weight excluding hydrogens is 208 g/mol. The number of hydrogen-bond acceptors (Lipinski definition) is 1. The van der Waals surface area contributed by atoms with Crippen molar-refractivity contribution in [2.75, 3.05) is 0 Å². The van der Waals surface area contributed by atoms with Gasteiger partial charge in [0.1, 0.15) is 0 Å². The van der Waals surface area contributed by atoms with E-state index in [-0.39, 0.29) is 48.7 Å². The molecule has 4 radical (unpaired) electrons. The van der Waals surface area contributed by atoms with E-state index in [9.17, 15) is 0 Å². The van der Waals surface area contributed by atoms with Crippen LogP contribution < -0.4 is 0 Å². The summed E-state index contributed by atoms with van der Waals surface area (Å²) in [6.07, 6.45) is 0. The molecule has 0 aromatic rings. The van der Waals surface area contributed by atoms with E-state index in [0.717, 1.165) is 0 Å². The zero-order valence-corrected chi connectivity index (χ0v) is 6.74. The Balaban J connectivity index is -0.000000000833. The first kappa shape index (κ1) is 51.7. The predicted molar refractivity (Wildman–Crippen MR) is 19.4 cm³/mol. The van der Waals surface area contributed by atoms with E-state index in [1.165, 1.54) is 16.2 Å². The van der Waals surface area contributed by atoms with Gasteiger partial charge in [-0.15, -0.1) is 0 Å². The normalized spacial score (nSPS) is 0.500. The van der Waals surface area contributed by atoms with Gasteiger partial charge in [-0.05, 0) is 0 Å². The van der Waals surface area contributed by atoms with Gasteiger partial charge in [0.25, 0.3) is 0 Å². The summed E-state index contributed by atoms with van der Waals surface area (Å²) in [4.78, 5) is 0. The number of hydrogen-bond donors (Lipinski definition) is 0. The summed E-state index contributed by atoms with van der Waals surface area (Å²) in [5, 5.41) is 0. The quantitative estimate of drug-likeness (QED) is 0.408. The van der Waals surface area contributed by atoms with Gasteiger partial charge in [-0.1, -0.05) is 0 Å². The Morgan fingerprint density at radius 1 is 1.00 bits per heavy atom. The minimum Gasteiger partial charge on any atom is 0 e. The van der Waals surface area contributed by atoms with Gasteiger partial charge in [0.15, 0.2) is 0 Å². The van der Waals surface area contributed by atoms with Crippen molar-refractivity contribution >= 4 is 33.6 Å². The fraction of sp³-hybridized carbons (Fsp3) is 0. The molecule has 0 spiro atoms. The molecule has 0 aromatic carbocycles. The Morgan fingerprint density at radius 3 is 1.00 bits per heavy atom. The van der Waals surface area contributed by atoms with Gasteiger partial charge in [-0.25, -0.2) is 0 Å². The van der Waals surface area contributed by atoms with Crippen molar-refractivity contribution in [2.45, 2.75) is 0 Å². The van der Waals surface area contributed by atoms with Crippen LogP contribution in [-0.2, 0) is 24.2 Å². The molecule has 6 heavy (non-hydrogen) atoms. The van der Waals surface area contributed by atoms with Crippen LogP contribution in [0.4, 0.5) is 0 Å². The summed E-state index contributed by atoms with van der Waals surface area (Å²) in [5.74, 6) is 0. The first-order valence-corrected chi connectivity index (χ1v) is 0.707. The second kappa shape index (κ2) is 91.3. The third-order valence-corrected chi connectivity index (χ3v) is 0. The molecule has 4 N–H and O–H groups in total. The first-order valence-electron chi connectivity index (χ1n) is 0.236. The van der Waals surface area contributed by atoms with E-state index in [0.29, 0.717) is 0 Å². The van der Waals surface area contributed by atoms with E-state index in [2.05, 4.69) is 0 Å². The minimum atomic E-state index is 0. The van der Waals surface area contributed by atoms with Gasteiger partial charge in [-0.3, -0.25) is 0 Å². The molecule has 0 saturated carbocycles. The predicted octanol–water partition coefficient (Wildman–Crippen LogP) is -2.53. The van der Waals surface area contributed by atoms with Crippen molar-refractivity contribution in [1.82, 2.24) is 0 Å². The van der Waals surface area contributed by atoms with Gasteiger partial charge >= 0.3 is 20.0 Å². The van der Waals surface area contributed by atoms with E-state index >= 15 is 0 Å². The summed E-state index contributed by atoms with van der Waals surface area (Å²) in [6, 6.07) is 0. The molecule has 0 aromatic heterocycles. The topological polar surface area (TPSA) is 80.1 Å². The molecule has 3 nitrogen and oxygen atoms in total. The van der Waals surface area contributed by atoms with Crippen LogP contribution in [0.3, 0.4) is 0 Å². The van der Waals surface area contributed by atoms with Crippen LogP contribution in [0.2, 0.25) is 0 Å². The first-order chi connectivity index (χ1) is 1.00. The molecule has 0 aliphatic heterocycles. The van der Waals surface area contributed by atoms with E-state index in [1.54, 1.807) is 0 Å². The molecule has 0 bridgehead atoms. The average Bonchev–Trinajstić information content (AvgIpc) is 1.00. The van der Waals surface area contributed by atoms with E-state index in [1.807, 2.05) is 0 Å². The Hall–Kier alpha value is 1.45. The maximum atomic E-state index is 8.17. The fourth-order valence-corrected chi connectivity index (χ4v) is 0. The second-order valence-electron chi connectivity index (χ2n) is 0. The molecule has 0 aliphatic carbocycles.